The third-order valence-corrected chi connectivity index (χ3v) is 7.15. The molecule has 6 heteroatoms. The van der Waals surface area contributed by atoms with Crippen LogP contribution in [-0.2, 0) is 43.5 Å². The lowest BCUT2D eigenvalue weighted by Crippen LogP contribution is -2.58. The van der Waals surface area contributed by atoms with E-state index in [0.29, 0.717) is 26.4 Å². The van der Waals surface area contributed by atoms with Gasteiger partial charge in [-0.3, -0.25) is 0 Å². The lowest BCUT2D eigenvalue weighted by molar-refractivity contribution is -0.292. The van der Waals surface area contributed by atoms with Gasteiger partial charge in [0.25, 0.3) is 0 Å². The van der Waals surface area contributed by atoms with Crippen LogP contribution in [0.1, 0.15) is 30.5 Å². The summed E-state index contributed by atoms with van der Waals surface area (Å²) in [7, 11) is 0. The maximum Gasteiger partial charge on any atom is 0.167 e. The fourth-order valence-corrected chi connectivity index (χ4v) is 5.14. The Morgan fingerprint density at radius 3 is 1.73 bits per heavy atom. The van der Waals surface area contributed by atoms with Gasteiger partial charge < -0.3 is 28.8 Å². The SMILES string of the molecule is CC1(C)O[C@H]2O[C@H](COCc3ccccc3)[C@@H](OCc3ccccc3)[C@H](OCc3ccccc3)[C@H]2C1O. The topological polar surface area (TPSA) is 66.4 Å². The fraction of sp³-hybridized carbons (Fsp3) is 0.419. The Hall–Kier alpha value is -2.58. The Kier molecular flexibility index (Phi) is 8.35. The summed E-state index contributed by atoms with van der Waals surface area (Å²) in [5.74, 6) is -0.398. The molecule has 2 heterocycles. The minimum Gasteiger partial charge on any atom is -0.390 e. The summed E-state index contributed by atoms with van der Waals surface area (Å²) in [5.41, 5.74) is 2.42. The van der Waals surface area contributed by atoms with Gasteiger partial charge in [-0.2, -0.15) is 0 Å². The van der Waals surface area contributed by atoms with Crippen LogP contribution in [0.25, 0.3) is 0 Å². The van der Waals surface area contributed by atoms with Crippen molar-refractivity contribution in [3.8, 4) is 0 Å². The lowest BCUT2D eigenvalue weighted by atomic mass is 9.83. The molecule has 2 saturated heterocycles. The Balaban J connectivity index is 1.38. The molecule has 3 aromatic carbocycles. The maximum absolute atomic E-state index is 11.3. The van der Waals surface area contributed by atoms with Crippen molar-refractivity contribution in [1.29, 1.82) is 0 Å². The number of benzene rings is 3. The zero-order chi connectivity index (χ0) is 25.7. The molecule has 196 valence electrons. The van der Waals surface area contributed by atoms with Crippen LogP contribution >= 0.6 is 0 Å². The van der Waals surface area contributed by atoms with Gasteiger partial charge >= 0.3 is 0 Å². The second-order valence-electron chi connectivity index (χ2n) is 10.3. The Labute approximate surface area is 219 Å². The van der Waals surface area contributed by atoms with Crippen molar-refractivity contribution in [3.63, 3.8) is 0 Å². The zero-order valence-corrected chi connectivity index (χ0v) is 21.4. The van der Waals surface area contributed by atoms with E-state index in [-0.39, 0.29) is 0 Å². The molecule has 0 spiro atoms. The maximum atomic E-state index is 11.3. The monoisotopic (exact) mass is 504 g/mol. The Morgan fingerprint density at radius 2 is 1.19 bits per heavy atom. The molecular formula is C31H36O6. The highest BCUT2D eigenvalue weighted by atomic mass is 16.7. The first-order chi connectivity index (χ1) is 18.0. The molecule has 37 heavy (non-hydrogen) atoms. The van der Waals surface area contributed by atoms with Gasteiger partial charge in [0.15, 0.2) is 6.29 Å². The van der Waals surface area contributed by atoms with Crippen LogP contribution in [0.2, 0.25) is 0 Å². The highest BCUT2D eigenvalue weighted by Gasteiger charge is 2.59. The van der Waals surface area contributed by atoms with Crippen LogP contribution in [0.3, 0.4) is 0 Å². The van der Waals surface area contributed by atoms with Gasteiger partial charge in [-0.15, -0.1) is 0 Å². The van der Waals surface area contributed by atoms with E-state index in [4.69, 9.17) is 23.7 Å². The summed E-state index contributed by atoms with van der Waals surface area (Å²) < 4.78 is 31.8. The van der Waals surface area contributed by atoms with Gasteiger partial charge in [0.05, 0.1) is 50.2 Å². The molecule has 3 aromatic rings. The van der Waals surface area contributed by atoms with Crippen LogP contribution in [0, 0.1) is 5.92 Å². The standard InChI is InChI=1S/C31H36O6/c1-31(2)29(32)26-28(35-20-24-16-10-5-11-17-24)27(34-19-23-14-8-4-9-15-23)25(36-30(26)37-31)21-33-18-22-12-6-3-7-13-22/h3-17,25-30,32H,18-21H2,1-2H3/t25-,26+,27-,28-,29?,30-/m1/s1. The smallest absolute Gasteiger partial charge is 0.167 e. The summed E-state index contributed by atoms with van der Waals surface area (Å²) in [6.07, 6.45) is -2.74. The van der Waals surface area contributed by atoms with E-state index >= 15 is 0 Å². The Morgan fingerprint density at radius 1 is 0.703 bits per heavy atom. The summed E-state index contributed by atoms with van der Waals surface area (Å²) in [5, 5.41) is 11.3. The van der Waals surface area contributed by atoms with Crippen molar-refractivity contribution in [1.82, 2.24) is 0 Å². The van der Waals surface area contributed by atoms with Gasteiger partial charge in [0.2, 0.25) is 0 Å². The number of fused-ring (bicyclic) bond motifs is 1. The van der Waals surface area contributed by atoms with Crippen LogP contribution in [0.4, 0.5) is 0 Å². The molecule has 0 aromatic heterocycles. The lowest BCUT2D eigenvalue weighted by Gasteiger charge is -2.44. The molecular weight excluding hydrogens is 468 g/mol. The van der Waals surface area contributed by atoms with Crippen molar-refractivity contribution in [2.24, 2.45) is 5.92 Å². The molecule has 6 nitrogen and oxygen atoms in total. The molecule has 0 aliphatic carbocycles. The molecule has 1 unspecified atom stereocenters. The van der Waals surface area contributed by atoms with E-state index in [1.807, 2.05) is 105 Å². The van der Waals surface area contributed by atoms with Crippen molar-refractivity contribution in [2.75, 3.05) is 6.61 Å². The second-order valence-corrected chi connectivity index (χ2v) is 10.3. The minimum absolute atomic E-state index is 0.308. The molecule has 2 aliphatic heterocycles. The normalized spacial score (nSPS) is 28.6. The molecule has 2 fully saturated rings. The Bertz CT molecular complexity index is 1090. The predicted octanol–water partition coefficient (Wildman–Crippen LogP) is 4.88. The molecule has 2 aliphatic rings. The average Bonchev–Trinajstić information content (AvgIpc) is 3.15. The number of hydrogen-bond donors (Lipinski definition) is 1. The highest BCUT2D eigenvalue weighted by molar-refractivity contribution is 5.16. The predicted molar refractivity (Wildman–Crippen MR) is 139 cm³/mol. The highest BCUT2D eigenvalue weighted by Crippen LogP contribution is 2.44. The third kappa shape index (κ3) is 6.29. The molecule has 6 atom stereocenters. The van der Waals surface area contributed by atoms with Crippen LogP contribution < -0.4 is 0 Å². The molecule has 1 N–H and O–H groups in total. The molecule has 0 bridgehead atoms. The average molecular weight is 505 g/mol. The number of rotatable bonds is 10. The second kappa shape index (κ2) is 11.9. The number of aliphatic hydroxyl groups is 1. The van der Waals surface area contributed by atoms with Crippen molar-refractivity contribution >= 4 is 0 Å². The van der Waals surface area contributed by atoms with E-state index in [2.05, 4.69) is 0 Å². The van der Waals surface area contributed by atoms with Gasteiger partial charge in [-0.05, 0) is 30.5 Å². The summed E-state index contributed by atoms with van der Waals surface area (Å²) in [4.78, 5) is 0. The molecule has 0 radical (unpaired) electrons. The van der Waals surface area contributed by atoms with Crippen LogP contribution in [0.5, 0.6) is 0 Å². The van der Waals surface area contributed by atoms with Gasteiger partial charge in [0, 0.05) is 0 Å². The van der Waals surface area contributed by atoms with Crippen molar-refractivity contribution in [2.45, 2.75) is 70.0 Å². The molecule has 0 amide bonds. The number of hydrogen-bond acceptors (Lipinski definition) is 6. The van der Waals surface area contributed by atoms with E-state index in [1.54, 1.807) is 0 Å². The van der Waals surface area contributed by atoms with Gasteiger partial charge in [-0.1, -0.05) is 91.0 Å². The largest absolute Gasteiger partial charge is 0.390 e. The molecule has 0 saturated carbocycles. The van der Waals surface area contributed by atoms with E-state index in [0.717, 1.165) is 16.7 Å². The van der Waals surface area contributed by atoms with Crippen molar-refractivity contribution < 1.29 is 28.8 Å². The zero-order valence-electron chi connectivity index (χ0n) is 21.4. The quantitative estimate of drug-likeness (QED) is 0.424. The number of aliphatic hydroxyl groups excluding tert-OH is 1. The minimum atomic E-state index is -0.771. The summed E-state index contributed by atoms with van der Waals surface area (Å²) in [6.45, 7) is 5.33. The van der Waals surface area contributed by atoms with Crippen LogP contribution in [-0.4, -0.2) is 48.0 Å². The van der Waals surface area contributed by atoms with E-state index in [1.165, 1.54) is 0 Å². The first kappa shape index (κ1) is 26.0. The third-order valence-electron chi connectivity index (χ3n) is 7.15. The van der Waals surface area contributed by atoms with Gasteiger partial charge in [-0.25, -0.2) is 0 Å². The first-order valence-corrected chi connectivity index (χ1v) is 13.0. The first-order valence-electron chi connectivity index (χ1n) is 13.0. The number of ether oxygens (including phenoxy) is 5. The van der Waals surface area contributed by atoms with E-state index in [9.17, 15) is 5.11 Å². The van der Waals surface area contributed by atoms with Crippen molar-refractivity contribution in [3.05, 3.63) is 108 Å². The fourth-order valence-electron chi connectivity index (χ4n) is 5.14. The molecule has 5 rings (SSSR count). The summed E-state index contributed by atoms with van der Waals surface area (Å²) in [6, 6.07) is 30.1. The van der Waals surface area contributed by atoms with Gasteiger partial charge in [0.1, 0.15) is 12.2 Å². The summed E-state index contributed by atoms with van der Waals surface area (Å²) >= 11 is 0. The van der Waals surface area contributed by atoms with Crippen LogP contribution in [0.15, 0.2) is 91.0 Å². The van der Waals surface area contributed by atoms with E-state index < -0.39 is 42.2 Å².